The number of carboxylic acid groups (broad SMARTS) is 2. The highest BCUT2D eigenvalue weighted by Crippen LogP contribution is 2.08. The summed E-state index contributed by atoms with van der Waals surface area (Å²) >= 11 is 0. The molecule has 0 aromatic heterocycles. The van der Waals surface area contributed by atoms with Crippen LogP contribution in [0.3, 0.4) is 0 Å². The molecule has 0 aromatic rings. The van der Waals surface area contributed by atoms with Gasteiger partial charge in [-0.05, 0) is 31.1 Å². The second-order valence-corrected chi connectivity index (χ2v) is 8.97. The van der Waals surface area contributed by atoms with Crippen molar-refractivity contribution in [3.63, 3.8) is 0 Å². The molecule has 4 atom stereocenters. The maximum atomic E-state index is 12.9. The first kappa shape index (κ1) is 31.6. The third-order valence-electron chi connectivity index (χ3n) is 4.93. The molecule has 0 rings (SSSR count). The van der Waals surface area contributed by atoms with Gasteiger partial charge < -0.3 is 43.4 Å². The Bertz CT molecular complexity index is 782. The molecule has 0 fully saturated rings. The molecule has 0 saturated heterocycles. The molecule has 4 unspecified atom stereocenters. The molecular formula is C21H39N7O7. The molecule has 0 saturated carbocycles. The Balaban J connectivity index is 5.49. The minimum atomic E-state index is -1.48. The van der Waals surface area contributed by atoms with Crippen molar-refractivity contribution in [1.82, 2.24) is 16.0 Å². The average molecular weight is 502 g/mol. The highest BCUT2D eigenvalue weighted by molar-refractivity contribution is 5.95. The minimum absolute atomic E-state index is 0.0327. The summed E-state index contributed by atoms with van der Waals surface area (Å²) in [4.78, 5) is 64.6. The van der Waals surface area contributed by atoms with Gasteiger partial charge >= 0.3 is 11.9 Å². The number of carbonyl (C=O) groups is 5. The van der Waals surface area contributed by atoms with Gasteiger partial charge in [-0.25, -0.2) is 4.79 Å². The number of aliphatic carboxylic acids is 2. The van der Waals surface area contributed by atoms with Crippen molar-refractivity contribution in [3.05, 3.63) is 0 Å². The lowest BCUT2D eigenvalue weighted by molar-refractivity contribution is -0.143. The molecule has 0 heterocycles. The van der Waals surface area contributed by atoms with Crippen molar-refractivity contribution < 1.29 is 34.2 Å². The van der Waals surface area contributed by atoms with Gasteiger partial charge in [0.2, 0.25) is 17.7 Å². The zero-order chi connectivity index (χ0) is 27.3. The van der Waals surface area contributed by atoms with E-state index in [1.54, 1.807) is 27.7 Å². The van der Waals surface area contributed by atoms with Gasteiger partial charge in [0.1, 0.15) is 18.1 Å². The number of nitrogens with two attached hydrogens (primary N) is 3. The predicted octanol–water partition coefficient (Wildman–Crippen LogP) is -1.92. The van der Waals surface area contributed by atoms with Crippen LogP contribution < -0.4 is 33.2 Å². The van der Waals surface area contributed by atoms with Crippen molar-refractivity contribution in [1.29, 1.82) is 0 Å². The number of rotatable bonds is 16. The number of hydrogen-bond acceptors (Lipinski definition) is 7. The second-order valence-electron chi connectivity index (χ2n) is 8.97. The highest BCUT2D eigenvalue weighted by atomic mass is 16.4. The van der Waals surface area contributed by atoms with E-state index in [0.29, 0.717) is 0 Å². The Morgan fingerprint density at radius 2 is 1.34 bits per heavy atom. The molecule has 14 heteroatoms. The first-order chi connectivity index (χ1) is 16.1. The molecule has 0 aliphatic carbocycles. The number of aliphatic imine (C=N–C) groups is 1. The summed E-state index contributed by atoms with van der Waals surface area (Å²) in [6.45, 7) is 7.12. The van der Waals surface area contributed by atoms with E-state index in [0.717, 1.165) is 0 Å². The summed E-state index contributed by atoms with van der Waals surface area (Å²) in [5, 5.41) is 25.7. The van der Waals surface area contributed by atoms with E-state index in [1.165, 1.54) is 0 Å². The predicted molar refractivity (Wildman–Crippen MR) is 128 cm³/mol. The Morgan fingerprint density at radius 3 is 1.80 bits per heavy atom. The van der Waals surface area contributed by atoms with E-state index in [1.807, 2.05) is 0 Å². The van der Waals surface area contributed by atoms with Crippen LogP contribution in [-0.4, -0.2) is 76.5 Å². The molecule has 0 spiro atoms. The van der Waals surface area contributed by atoms with E-state index >= 15 is 0 Å². The number of nitrogens with one attached hydrogen (secondary N) is 3. The van der Waals surface area contributed by atoms with E-state index in [9.17, 15) is 29.1 Å². The van der Waals surface area contributed by atoms with Crippen molar-refractivity contribution in [2.45, 2.75) is 77.5 Å². The Labute approximate surface area is 204 Å². The van der Waals surface area contributed by atoms with Crippen molar-refractivity contribution in [3.8, 4) is 0 Å². The minimum Gasteiger partial charge on any atom is -0.481 e. The van der Waals surface area contributed by atoms with Gasteiger partial charge in [0.15, 0.2) is 5.96 Å². The third-order valence-corrected chi connectivity index (χ3v) is 4.93. The summed E-state index contributed by atoms with van der Waals surface area (Å²) in [6, 6.07) is -4.89. The largest absolute Gasteiger partial charge is 0.481 e. The van der Waals surface area contributed by atoms with Crippen LogP contribution in [0, 0.1) is 11.8 Å². The molecular weight excluding hydrogens is 462 g/mol. The van der Waals surface area contributed by atoms with Crippen LogP contribution in [0.1, 0.15) is 53.4 Å². The van der Waals surface area contributed by atoms with E-state index in [2.05, 4.69) is 20.9 Å². The van der Waals surface area contributed by atoms with Crippen molar-refractivity contribution in [2.24, 2.45) is 34.0 Å². The number of carbonyl (C=O) groups excluding carboxylic acids is 3. The number of carboxylic acids is 2. The molecule has 35 heavy (non-hydrogen) atoms. The van der Waals surface area contributed by atoms with Crippen LogP contribution in [0.15, 0.2) is 4.99 Å². The van der Waals surface area contributed by atoms with Crippen LogP contribution >= 0.6 is 0 Å². The summed E-state index contributed by atoms with van der Waals surface area (Å²) in [5.74, 6) is -5.49. The standard InChI is InChI=1S/C21H39N7O7/c1-10(2)8-13(17(31)26-12(20(34)35)6-5-7-25-21(23)24)27-18(32)14(9-15(29)30)28-19(33)16(22)11(3)4/h10-14,16H,5-9,22H2,1-4H3,(H,26,31)(H,27,32)(H,28,33)(H,29,30)(H,34,35)(H4,23,24,25). The van der Waals surface area contributed by atoms with E-state index in [-0.39, 0.29) is 43.6 Å². The fourth-order valence-electron chi connectivity index (χ4n) is 2.96. The van der Waals surface area contributed by atoms with Gasteiger partial charge in [0.25, 0.3) is 0 Å². The second kappa shape index (κ2) is 15.5. The third kappa shape index (κ3) is 13.2. The summed E-state index contributed by atoms with van der Waals surface area (Å²) in [6.07, 6.45) is -0.289. The van der Waals surface area contributed by atoms with Crippen molar-refractivity contribution >= 4 is 35.6 Å². The van der Waals surface area contributed by atoms with Crippen LogP contribution in [0.2, 0.25) is 0 Å². The fourth-order valence-corrected chi connectivity index (χ4v) is 2.96. The molecule has 0 aromatic carbocycles. The Hall–Kier alpha value is -3.42. The molecule has 0 aliphatic heterocycles. The number of guanidine groups is 1. The fraction of sp³-hybridized carbons (Fsp3) is 0.714. The summed E-state index contributed by atoms with van der Waals surface area (Å²) in [7, 11) is 0. The maximum absolute atomic E-state index is 12.9. The lowest BCUT2D eigenvalue weighted by Gasteiger charge is -2.26. The average Bonchev–Trinajstić information content (AvgIpc) is 2.72. The van der Waals surface area contributed by atoms with Gasteiger partial charge in [-0.1, -0.05) is 27.7 Å². The Kier molecular flexibility index (Phi) is 14.0. The maximum Gasteiger partial charge on any atom is 0.326 e. The van der Waals surface area contributed by atoms with Gasteiger partial charge in [0.05, 0.1) is 12.5 Å². The van der Waals surface area contributed by atoms with Crippen LogP contribution in [-0.2, 0) is 24.0 Å². The smallest absolute Gasteiger partial charge is 0.326 e. The first-order valence-corrected chi connectivity index (χ1v) is 11.3. The molecule has 0 aliphatic rings. The van der Waals surface area contributed by atoms with Gasteiger partial charge in [0, 0.05) is 6.54 Å². The van der Waals surface area contributed by atoms with Crippen LogP contribution in [0.4, 0.5) is 0 Å². The quantitative estimate of drug-likeness (QED) is 0.0661. The summed E-state index contributed by atoms with van der Waals surface area (Å²) in [5.41, 5.74) is 16.2. The zero-order valence-corrected chi connectivity index (χ0v) is 20.6. The van der Waals surface area contributed by atoms with Gasteiger partial charge in [-0.3, -0.25) is 24.2 Å². The topological polar surface area (TPSA) is 252 Å². The van der Waals surface area contributed by atoms with E-state index < -0.39 is 60.2 Å². The van der Waals surface area contributed by atoms with Crippen LogP contribution in [0.5, 0.6) is 0 Å². The number of amides is 3. The SMILES string of the molecule is CC(C)CC(NC(=O)C(CC(=O)O)NC(=O)C(N)C(C)C)C(=O)NC(CCCN=C(N)N)C(=O)O. The lowest BCUT2D eigenvalue weighted by atomic mass is 10.0. The first-order valence-electron chi connectivity index (χ1n) is 11.3. The molecule has 0 bridgehead atoms. The number of nitrogens with zero attached hydrogens (tertiary/aromatic N) is 1. The highest BCUT2D eigenvalue weighted by Gasteiger charge is 2.32. The molecule has 3 amide bonds. The molecule has 14 nitrogen and oxygen atoms in total. The lowest BCUT2D eigenvalue weighted by Crippen LogP contribution is -2.58. The molecule has 200 valence electrons. The Morgan fingerprint density at radius 1 is 0.829 bits per heavy atom. The van der Waals surface area contributed by atoms with Gasteiger partial charge in [-0.2, -0.15) is 0 Å². The molecule has 0 radical (unpaired) electrons. The van der Waals surface area contributed by atoms with Crippen LogP contribution in [0.25, 0.3) is 0 Å². The number of hydrogen-bond donors (Lipinski definition) is 8. The normalized spacial score (nSPS) is 14.4. The molecule has 11 N–H and O–H groups in total. The van der Waals surface area contributed by atoms with E-state index in [4.69, 9.17) is 22.3 Å². The summed E-state index contributed by atoms with van der Waals surface area (Å²) < 4.78 is 0. The van der Waals surface area contributed by atoms with Crippen molar-refractivity contribution in [2.75, 3.05) is 6.54 Å². The van der Waals surface area contributed by atoms with Gasteiger partial charge in [-0.15, -0.1) is 0 Å². The monoisotopic (exact) mass is 501 g/mol. The zero-order valence-electron chi connectivity index (χ0n) is 20.6.